The molecule has 20 heavy (non-hydrogen) atoms. The lowest BCUT2D eigenvalue weighted by molar-refractivity contribution is 0.553. The van der Waals surface area contributed by atoms with Crippen LogP contribution in [0.25, 0.3) is 0 Å². The van der Waals surface area contributed by atoms with E-state index in [1.54, 1.807) is 11.3 Å². The fourth-order valence-electron chi connectivity index (χ4n) is 2.22. The highest BCUT2D eigenvalue weighted by molar-refractivity contribution is 7.09. The molecule has 1 atom stereocenters. The maximum Gasteiger partial charge on any atom is 0.103 e. The normalized spacial score (nSPS) is 13.4. The first-order valence-corrected chi connectivity index (χ1v) is 8.18. The summed E-state index contributed by atoms with van der Waals surface area (Å²) in [6.45, 7) is 9.90. The molecule has 108 valence electrons. The molecule has 0 saturated heterocycles. The second-order valence-corrected chi connectivity index (χ2v) is 6.60. The first kappa shape index (κ1) is 15.2. The third-order valence-electron chi connectivity index (χ3n) is 3.70. The molecule has 0 fully saturated rings. The maximum atomic E-state index is 4.87. The Kier molecular flexibility index (Phi) is 4.95. The number of hydrogen-bond acceptors (Lipinski definition) is 3. The van der Waals surface area contributed by atoms with Crippen LogP contribution in [-0.2, 0) is 5.41 Å². The first-order chi connectivity index (χ1) is 9.55. The number of nitrogens with one attached hydrogen (secondary N) is 1. The van der Waals surface area contributed by atoms with E-state index in [1.807, 2.05) is 0 Å². The molecule has 0 radical (unpaired) electrons. The average molecular weight is 288 g/mol. The molecule has 2 nitrogen and oxygen atoms in total. The Bertz CT molecular complexity index is 531. The van der Waals surface area contributed by atoms with Crippen molar-refractivity contribution in [3.63, 3.8) is 0 Å². The van der Waals surface area contributed by atoms with Crippen molar-refractivity contribution in [2.24, 2.45) is 0 Å². The van der Waals surface area contributed by atoms with E-state index in [4.69, 9.17) is 4.98 Å². The van der Waals surface area contributed by atoms with Crippen LogP contribution < -0.4 is 5.32 Å². The van der Waals surface area contributed by atoms with Gasteiger partial charge in [0.15, 0.2) is 0 Å². The summed E-state index contributed by atoms with van der Waals surface area (Å²) in [4.78, 5) is 4.87. The van der Waals surface area contributed by atoms with Crippen LogP contribution in [0.1, 0.15) is 56.4 Å². The second kappa shape index (κ2) is 6.51. The lowest BCUT2D eigenvalue weighted by Crippen LogP contribution is -2.21. The van der Waals surface area contributed by atoms with Crippen molar-refractivity contribution in [1.82, 2.24) is 10.3 Å². The summed E-state index contributed by atoms with van der Waals surface area (Å²) < 4.78 is 0. The predicted molar refractivity (Wildman–Crippen MR) is 87.4 cm³/mol. The molecule has 3 heteroatoms. The van der Waals surface area contributed by atoms with Gasteiger partial charge in [0, 0.05) is 16.8 Å². The smallest absolute Gasteiger partial charge is 0.103 e. The minimum Gasteiger partial charge on any atom is -0.309 e. The molecule has 1 heterocycles. The Morgan fingerprint density at radius 1 is 1.25 bits per heavy atom. The summed E-state index contributed by atoms with van der Waals surface area (Å²) in [6, 6.07) is 10.9. The van der Waals surface area contributed by atoms with E-state index in [0.29, 0.717) is 6.04 Å². The molecular formula is C17H24N2S. The summed E-state index contributed by atoms with van der Waals surface area (Å²) in [5.74, 6) is 0. The molecule has 1 aromatic heterocycles. The monoisotopic (exact) mass is 288 g/mol. The maximum absolute atomic E-state index is 4.87. The number of nitrogens with zero attached hydrogens (tertiary/aromatic N) is 1. The molecule has 0 aliphatic carbocycles. The molecule has 1 N–H and O–H groups in total. The molecule has 0 spiro atoms. The predicted octanol–water partition coefficient (Wildman–Crippen LogP) is 4.53. The molecule has 0 amide bonds. The number of aromatic nitrogens is 1. The zero-order chi connectivity index (χ0) is 14.6. The van der Waals surface area contributed by atoms with Gasteiger partial charge in [-0.25, -0.2) is 4.98 Å². The van der Waals surface area contributed by atoms with Crippen molar-refractivity contribution < 1.29 is 0 Å². The zero-order valence-electron chi connectivity index (χ0n) is 12.8. The Balaban J connectivity index is 2.19. The van der Waals surface area contributed by atoms with Gasteiger partial charge >= 0.3 is 0 Å². The first-order valence-electron chi connectivity index (χ1n) is 7.30. The van der Waals surface area contributed by atoms with E-state index in [1.165, 1.54) is 10.6 Å². The molecule has 2 rings (SSSR count). The summed E-state index contributed by atoms with van der Waals surface area (Å²) in [7, 11) is 0. The van der Waals surface area contributed by atoms with Crippen LogP contribution in [0.2, 0.25) is 0 Å². The van der Waals surface area contributed by atoms with Gasteiger partial charge in [0.05, 0.1) is 5.69 Å². The quantitative estimate of drug-likeness (QED) is 0.844. The minimum absolute atomic E-state index is 0.0331. The van der Waals surface area contributed by atoms with Gasteiger partial charge in [-0.2, -0.15) is 0 Å². The van der Waals surface area contributed by atoms with E-state index < -0.39 is 0 Å². The standard InChI is InChI=1S/C17H24N2S/c1-5-11-18-13(2)15-12-20-16(19-15)17(3,4)14-9-7-6-8-10-14/h6-10,12-13,18H,5,11H2,1-4H3. The molecule has 0 aliphatic heterocycles. The van der Waals surface area contributed by atoms with Crippen LogP contribution in [0.3, 0.4) is 0 Å². The van der Waals surface area contributed by atoms with Crippen LogP contribution in [0.4, 0.5) is 0 Å². The van der Waals surface area contributed by atoms with Gasteiger partial charge in [0.1, 0.15) is 5.01 Å². The van der Waals surface area contributed by atoms with Crippen LogP contribution in [-0.4, -0.2) is 11.5 Å². The van der Waals surface area contributed by atoms with Crippen molar-refractivity contribution in [2.45, 2.75) is 45.6 Å². The molecule has 0 bridgehead atoms. The molecule has 1 unspecified atom stereocenters. The van der Waals surface area contributed by atoms with Gasteiger partial charge in [0.25, 0.3) is 0 Å². The number of thiazole rings is 1. The molecule has 1 aromatic carbocycles. The summed E-state index contributed by atoms with van der Waals surface area (Å²) >= 11 is 1.76. The van der Waals surface area contributed by atoms with Crippen molar-refractivity contribution in [1.29, 1.82) is 0 Å². The van der Waals surface area contributed by atoms with Gasteiger partial charge in [-0.1, -0.05) is 37.3 Å². The molecular weight excluding hydrogens is 264 g/mol. The van der Waals surface area contributed by atoms with Gasteiger partial charge in [-0.15, -0.1) is 11.3 Å². The van der Waals surface area contributed by atoms with E-state index in [0.717, 1.165) is 18.7 Å². The zero-order valence-corrected chi connectivity index (χ0v) is 13.6. The van der Waals surface area contributed by atoms with E-state index in [2.05, 4.69) is 68.7 Å². The third-order valence-corrected chi connectivity index (χ3v) is 4.88. The number of hydrogen-bond donors (Lipinski definition) is 1. The van der Waals surface area contributed by atoms with Gasteiger partial charge in [-0.05, 0) is 39.3 Å². The fourth-order valence-corrected chi connectivity index (χ4v) is 3.28. The van der Waals surface area contributed by atoms with Crippen molar-refractivity contribution in [3.05, 3.63) is 52.0 Å². The topological polar surface area (TPSA) is 24.9 Å². The Morgan fingerprint density at radius 2 is 1.95 bits per heavy atom. The molecule has 0 aliphatic rings. The minimum atomic E-state index is -0.0331. The van der Waals surface area contributed by atoms with E-state index in [9.17, 15) is 0 Å². The summed E-state index contributed by atoms with van der Waals surface area (Å²) in [5, 5.41) is 6.87. The highest BCUT2D eigenvalue weighted by atomic mass is 32.1. The summed E-state index contributed by atoms with van der Waals surface area (Å²) in [5.41, 5.74) is 2.44. The van der Waals surface area contributed by atoms with Crippen molar-refractivity contribution >= 4 is 11.3 Å². The van der Waals surface area contributed by atoms with Gasteiger partial charge < -0.3 is 5.32 Å². The summed E-state index contributed by atoms with van der Waals surface area (Å²) in [6.07, 6.45) is 1.15. The molecule has 2 aromatic rings. The van der Waals surface area contributed by atoms with Crippen LogP contribution >= 0.6 is 11.3 Å². The van der Waals surface area contributed by atoms with Crippen LogP contribution in [0.15, 0.2) is 35.7 Å². The third kappa shape index (κ3) is 3.28. The lowest BCUT2D eigenvalue weighted by atomic mass is 9.85. The van der Waals surface area contributed by atoms with Crippen LogP contribution in [0, 0.1) is 0 Å². The SMILES string of the molecule is CCCNC(C)c1csc(C(C)(C)c2ccccc2)n1. The Hall–Kier alpha value is -1.19. The number of benzene rings is 1. The number of rotatable bonds is 6. The average Bonchev–Trinajstić information content (AvgIpc) is 2.96. The molecule has 0 saturated carbocycles. The van der Waals surface area contributed by atoms with Crippen molar-refractivity contribution in [3.8, 4) is 0 Å². The lowest BCUT2D eigenvalue weighted by Gasteiger charge is -2.22. The van der Waals surface area contributed by atoms with Gasteiger partial charge in [0.2, 0.25) is 0 Å². The fraction of sp³-hybridized carbons (Fsp3) is 0.471. The van der Waals surface area contributed by atoms with Crippen LogP contribution in [0.5, 0.6) is 0 Å². The highest BCUT2D eigenvalue weighted by Crippen LogP contribution is 2.34. The Labute approximate surface area is 126 Å². The largest absolute Gasteiger partial charge is 0.309 e. The van der Waals surface area contributed by atoms with Crippen molar-refractivity contribution in [2.75, 3.05) is 6.54 Å². The second-order valence-electron chi connectivity index (χ2n) is 5.74. The van der Waals surface area contributed by atoms with E-state index >= 15 is 0 Å². The highest BCUT2D eigenvalue weighted by Gasteiger charge is 2.27. The van der Waals surface area contributed by atoms with Gasteiger partial charge in [-0.3, -0.25) is 0 Å². The Morgan fingerprint density at radius 3 is 2.60 bits per heavy atom. The van der Waals surface area contributed by atoms with E-state index in [-0.39, 0.29) is 5.41 Å².